The predicted molar refractivity (Wildman–Crippen MR) is 117 cm³/mol. The highest BCUT2D eigenvalue weighted by molar-refractivity contribution is 7.99. The lowest BCUT2D eigenvalue weighted by Gasteiger charge is -2.12. The van der Waals surface area contributed by atoms with Crippen LogP contribution in [0.5, 0.6) is 0 Å². The Labute approximate surface area is 173 Å². The Morgan fingerprint density at radius 1 is 1.18 bits per heavy atom. The molecule has 3 aromatic rings. The smallest absolute Gasteiger partial charge is 0.263 e. The van der Waals surface area contributed by atoms with Crippen molar-refractivity contribution in [3.63, 3.8) is 0 Å². The number of nitrogens with zero attached hydrogens (tertiary/aromatic N) is 2. The lowest BCUT2D eigenvalue weighted by Crippen LogP contribution is -2.23. The molecule has 1 aromatic carbocycles. The van der Waals surface area contributed by atoms with Crippen LogP contribution in [-0.2, 0) is 25.8 Å². The molecule has 0 amide bonds. The van der Waals surface area contributed by atoms with Crippen molar-refractivity contribution in [2.24, 2.45) is 0 Å². The van der Waals surface area contributed by atoms with Gasteiger partial charge in [-0.2, -0.15) is 0 Å². The maximum absolute atomic E-state index is 13.1. The summed E-state index contributed by atoms with van der Waals surface area (Å²) < 4.78 is 1.72. The summed E-state index contributed by atoms with van der Waals surface area (Å²) in [6.07, 6.45) is 5.33. The third-order valence-corrected chi connectivity index (χ3v) is 7.53. The third-order valence-electron chi connectivity index (χ3n) is 5.37. The van der Waals surface area contributed by atoms with E-state index in [9.17, 15) is 9.59 Å². The van der Waals surface area contributed by atoms with E-state index in [1.54, 1.807) is 15.9 Å². The molecule has 0 fully saturated rings. The average molecular weight is 413 g/mol. The molecule has 0 aliphatic heterocycles. The number of benzene rings is 1. The molecule has 28 heavy (non-hydrogen) atoms. The van der Waals surface area contributed by atoms with Crippen molar-refractivity contribution in [2.45, 2.75) is 57.7 Å². The molecule has 0 saturated heterocycles. The Hall–Kier alpha value is -1.92. The minimum absolute atomic E-state index is 0.0501. The van der Waals surface area contributed by atoms with Crippen molar-refractivity contribution in [3.8, 4) is 0 Å². The molecule has 0 spiro atoms. The third kappa shape index (κ3) is 3.55. The van der Waals surface area contributed by atoms with Crippen LogP contribution < -0.4 is 5.56 Å². The molecular weight excluding hydrogens is 388 g/mol. The van der Waals surface area contributed by atoms with Crippen molar-refractivity contribution in [1.82, 2.24) is 9.55 Å². The van der Waals surface area contributed by atoms with E-state index in [1.165, 1.54) is 34.2 Å². The second kappa shape index (κ2) is 8.21. The number of thiophene rings is 1. The number of carbonyl (C=O) groups is 1. The van der Waals surface area contributed by atoms with E-state index in [0.29, 0.717) is 17.3 Å². The van der Waals surface area contributed by atoms with E-state index in [1.807, 2.05) is 31.2 Å². The Balaban J connectivity index is 1.62. The van der Waals surface area contributed by atoms with Crippen LogP contribution in [0.25, 0.3) is 10.2 Å². The first-order valence-electron chi connectivity index (χ1n) is 9.92. The fourth-order valence-electron chi connectivity index (χ4n) is 3.75. The topological polar surface area (TPSA) is 52.0 Å². The zero-order valence-electron chi connectivity index (χ0n) is 16.3. The normalized spacial score (nSPS) is 13.6. The van der Waals surface area contributed by atoms with Gasteiger partial charge in [-0.25, -0.2) is 4.98 Å². The summed E-state index contributed by atoms with van der Waals surface area (Å²) in [5.74, 6) is 0.351. The summed E-state index contributed by atoms with van der Waals surface area (Å²) >= 11 is 3.03. The van der Waals surface area contributed by atoms with Gasteiger partial charge in [-0.1, -0.05) is 43.0 Å². The molecule has 0 saturated carbocycles. The van der Waals surface area contributed by atoms with Crippen LogP contribution in [0.15, 0.2) is 34.2 Å². The van der Waals surface area contributed by atoms with Gasteiger partial charge in [0.2, 0.25) is 0 Å². The number of Topliss-reactive ketones (excluding diaryl/α,β-unsaturated/α-hetero) is 1. The number of fused-ring (bicyclic) bond motifs is 3. The van der Waals surface area contributed by atoms with Crippen LogP contribution in [0.3, 0.4) is 0 Å². The van der Waals surface area contributed by atoms with Crippen LogP contribution in [0.1, 0.15) is 53.1 Å². The van der Waals surface area contributed by atoms with Gasteiger partial charge in [-0.15, -0.1) is 11.3 Å². The minimum atomic E-state index is 0.0501. The van der Waals surface area contributed by atoms with Crippen LogP contribution in [0, 0.1) is 0 Å². The molecule has 6 heteroatoms. The summed E-state index contributed by atoms with van der Waals surface area (Å²) in [4.78, 5) is 32.7. The molecule has 2 aromatic heterocycles. The van der Waals surface area contributed by atoms with Gasteiger partial charge in [0.05, 0.1) is 11.1 Å². The van der Waals surface area contributed by atoms with Gasteiger partial charge in [0, 0.05) is 17.0 Å². The van der Waals surface area contributed by atoms with Crippen LogP contribution in [0.2, 0.25) is 0 Å². The molecule has 0 bridgehead atoms. The number of ketones is 1. The van der Waals surface area contributed by atoms with E-state index >= 15 is 0 Å². The van der Waals surface area contributed by atoms with Gasteiger partial charge in [0.25, 0.3) is 5.56 Å². The SMILES string of the molecule is CCc1ccc(C(=O)CSc2nc3sc4c(c3c(=O)n2CC)CCCC4)cc1. The highest BCUT2D eigenvalue weighted by Crippen LogP contribution is 2.34. The van der Waals surface area contributed by atoms with Crippen molar-refractivity contribution in [2.75, 3.05) is 5.75 Å². The molecule has 2 heterocycles. The first-order chi connectivity index (χ1) is 13.6. The first kappa shape index (κ1) is 19.4. The molecule has 0 unspecified atom stereocenters. The summed E-state index contributed by atoms with van der Waals surface area (Å²) in [5, 5.41) is 1.46. The highest BCUT2D eigenvalue weighted by atomic mass is 32.2. The Kier molecular flexibility index (Phi) is 5.69. The zero-order valence-corrected chi connectivity index (χ0v) is 17.9. The second-order valence-corrected chi connectivity index (χ2v) is 9.12. The van der Waals surface area contributed by atoms with Gasteiger partial charge in [-0.05, 0) is 50.2 Å². The summed E-state index contributed by atoms with van der Waals surface area (Å²) in [6, 6.07) is 7.78. The number of aromatic nitrogens is 2. The predicted octanol–water partition coefficient (Wildman–Crippen LogP) is 4.89. The Morgan fingerprint density at radius 2 is 1.93 bits per heavy atom. The zero-order chi connectivity index (χ0) is 19.7. The molecule has 0 atom stereocenters. The average Bonchev–Trinajstić information content (AvgIpc) is 3.10. The van der Waals surface area contributed by atoms with Crippen LogP contribution in [0.4, 0.5) is 0 Å². The van der Waals surface area contributed by atoms with Gasteiger partial charge in [0.15, 0.2) is 10.9 Å². The van der Waals surface area contributed by atoms with E-state index < -0.39 is 0 Å². The number of rotatable bonds is 6. The number of hydrogen-bond acceptors (Lipinski definition) is 5. The van der Waals surface area contributed by atoms with Crippen LogP contribution >= 0.6 is 23.1 Å². The Bertz CT molecular complexity index is 1080. The molecule has 4 rings (SSSR count). The number of carbonyl (C=O) groups excluding carboxylic acids is 1. The second-order valence-electron chi connectivity index (χ2n) is 7.10. The van der Waals surface area contributed by atoms with Crippen molar-refractivity contribution < 1.29 is 4.79 Å². The van der Waals surface area contributed by atoms with E-state index in [0.717, 1.165) is 35.9 Å². The standard InChI is InChI=1S/C22H24N2O2S2/c1-3-14-9-11-15(12-10-14)17(25)13-27-22-23-20-19(21(26)24(22)4-2)16-7-5-6-8-18(16)28-20/h9-12H,3-8,13H2,1-2H3. The molecule has 0 radical (unpaired) electrons. The van der Waals surface area contributed by atoms with Gasteiger partial charge in [-0.3, -0.25) is 14.2 Å². The molecule has 0 N–H and O–H groups in total. The molecular formula is C22H24N2O2S2. The summed E-state index contributed by atoms with van der Waals surface area (Å²) in [7, 11) is 0. The van der Waals surface area contributed by atoms with Crippen LogP contribution in [-0.4, -0.2) is 21.1 Å². The van der Waals surface area contributed by atoms with Crippen molar-refractivity contribution in [3.05, 3.63) is 56.2 Å². The maximum atomic E-state index is 13.1. The van der Waals surface area contributed by atoms with E-state index in [-0.39, 0.29) is 17.1 Å². The van der Waals surface area contributed by atoms with E-state index in [2.05, 4.69) is 6.92 Å². The van der Waals surface area contributed by atoms with Gasteiger partial charge < -0.3 is 0 Å². The van der Waals surface area contributed by atoms with Gasteiger partial charge >= 0.3 is 0 Å². The highest BCUT2D eigenvalue weighted by Gasteiger charge is 2.22. The lowest BCUT2D eigenvalue weighted by atomic mass is 9.97. The van der Waals surface area contributed by atoms with E-state index in [4.69, 9.17) is 4.98 Å². The maximum Gasteiger partial charge on any atom is 0.263 e. The minimum Gasteiger partial charge on any atom is -0.293 e. The molecule has 1 aliphatic carbocycles. The molecule has 146 valence electrons. The number of thioether (sulfide) groups is 1. The monoisotopic (exact) mass is 412 g/mol. The van der Waals surface area contributed by atoms with Crippen molar-refractivity contribution >= 4 is 39.1 Å². The van der Waals surface area contributed by atoms with Gasteiger partial charge in [0.1, 0.15) is 4.83 Å². The molecule has 1 aliphatic rings. The number of hydrogen-bond donors (Lipinski definition) is 0. The largest absolute Gasteiger partial charge is 0.293 e. The lowest BCUT2D eigenvalue weighted by molar-refractivity contribution is 0.102. The number of aryl methyl sites for hydroxylation is 3. The summed E-state index contributed by atoms with van der Waals surface area (Å²) in [6.45, 7) is 4.62. The Morgan fingerprint density at radius 3 is 2.64 bits per heavy atom. The summed E-state index contributed by atoms with van der Waals surface area (Å²) in [5.41, 5.74) is 3.20. The quantitative estimate of drug-likeness (QED) is 0.328. The molecule has 4 nitrogen and oxygen atoms in total. The fraction of sp³-hybridized carbons (Fsp3) is 0.409. The van der Waals surface area contributed by atoms with Crippen molar-refractivity contribution in [1.29, 1.82) is 0 Å². The first-order valence-corrected chi connectivity index (χ1v) is 11.7. The fourth-order valence-corrected chi connectivity index (χ4v) is 6.01.